The van der Waals surface area contributed by atoms with Crippen molar-refractivity contribution < 1.29 is 9.59 Å². The molecule has 1 aromatic heterocycles. The third-order valence-corrected chi connectivity index (χ3v) is 4.51. The highest BCUT2D eigenvalue weighted by molar-refractivity contribution is 7.13. The van der Waals surface area contributed by atoms with Crippen LogP contribution in [-0.4, -0.2) is 47.4 Å². The van der Waals surface area contributed by atoms with Crippen molar-refractivity contribution in [2.75, 3.05) is 25.0 Å². The molecule has 1 saturated heterocycles. The molecule has 0 unspecified atom stereocenters. The van der Waals surface area contributed by atoms with E-state index in [1.807, 2.05) is 17.2 Å². The molecule has 2 amide bonds. The predicted molar refractivity (Wildman–Crippen MR) is 87.9 cm³/mol. The lowest BCUT2D eigenvalue weighted by molar-refractivity contribution is -0.132. The topological polar surface area (TPSA) is 74.3 Å². The van der Waals surface area contributed by atoms with Crippen molar-refractivity contribution in [3.05, 3.63) is 23.7 Å². The number of carbonyl (C=O) groups is 2. The zero-order valence-electron chi connectivity index (χ0n) is 12.8. The summed E-state index contributed by atoms with van der Waals surface area (Å²) in [5.41, 5.74) is 1.03. The van der Waals surface area contributed by atoms with Crippen molar-refractivity contribution in [3.8, 4) is 0 Å². The third-order valence-electron chi connectivity index (χ3n) is 3.62. The van der Waals surface area contributed by atoms with Crippen LogP contribution in [0.3, 0.4) is 0 Å². The molecule has 22 heavy (non-hydrogen) atoms. The number of thiazole rings is 1. The second-order valence-electron chi connectivity index (χ2n) is 5.34. The maximum absolute atomic E-state index is 12.1. The maximum Gasteiger partial charge on any atom is 0.243 e. The molecule has 120 valence electrons. The van der Waals surface area contributed by atoms with E-state index < -0.39 is 0 Å². The van der Waals surface area contributed by atoms with Crippen LogP contribution in [0.1, 0.15) is 25.0 Å². The molecule has 2 rings (SSSR count). The molecule has 0 saturated carbocycles. The van der Waals surface area contributed by atoms with E-state index in [4.69, 9.17) is 0 Å². The number of anilines is 1. The van der Waals surface area contributed by atoms with E-state index >= 15 is 0 Å². The number of rotatable bonds is 6. The molecule has 0 aromatic carbocycles. The van der Waals surface area contributed by atoms with Crippen LogP contribution in [0.5, 0.6) is 0 Å². The number of nitrogens with zero attached hydrogens (tertiary/aromatic N) is 2. The Morgan fingerprint density at radius 3 is 2.82 bits per heavy atom. The largest absolute Gasteiger partial charge is 0.359 e. The van der Waals surface area contributed by atoms with Gasteiger partial charge in [-0.05, 0) is 25.8 Å². The normalized spacial score (nSPS) is 15.4. The summed E-state index contributed by atoms with van der Waals surface area (Å²) in [6.45, 7) is 7.21. The van der Waals surface area contributed by atoms with Crippen LogP contribution in [0.15, 0.2) is 18.0 Å². The van der Waals surface area contributed by atoms with Gasteiger partial charge in [-0.15, -0.1) is 11.3 Å². The number of aromatic nitrogens is 1. The first-order valence-electron chi connectivity index (χ1n) is 7.45. The Bertz CT molecular complexity index is 535. The molecule has 1 aliphatic rings. The summed E-state index contributed by atoms with van der Waals surface area (Å²) in [5, 5.41) is 9.03. The van der Waals surface area contributed by atoms with Gasteiger partial charge >= 0.3 is 0 Å². The average Bonchev–Trinajstić information content (AvgIpc) is 2.92. The first-order chi connectivity index (χ1) is 10.6. The molecule has 1 aliphatic heterocycles. The molecule has 0 radical (unpaired) electrons. The number of aryl methyl sites for hydroxylation is 1. The van der Waals surface area contributed by atoms with Crippen LogP contribution >= 0.6 is 11.3 Å². The summed E-state index contributed by atoms with van der Waals surface area (Å²) in [6, 6.07) is 0.370. The molecule has 7 heteroatoms. The monoisotopic (exact) mass is 322 g/mol. The molecule has 6 nitrogen and oxygen atoms in total. The van der Waals surface area contributed by atoms with Gasteiger partial charge in [-0.3, -0.25) is 9.59 Å². The molecular formula is C15H22N4O2S. The van der Waals surface area contributed by atoms with Crippen LogP contribution in [0.2, 0.25) is 0 Å². The van der Waals surface area contributed by atoms with Crippen molar-refractivity contribution in [2.24, 2.45) is 0 Å². The van der Waals surface area contributed by atoms with E-state index in [0.717, 1.165) is 36.8 Å². The van der Waals surface area contributed by atoms with Crippen molar-refractivity contribution in [2.45, 2.75) is 32.2 Å². The standard InChI is InChI=1S/C15H22N4O2S/c1-3-13(20)16-7-4-14(21)19-8-5-12(6-9-19)18-15-17-11(2)10-22-15/h3,10,12H,1,4-9H2,2H3,(H,16,20)(H,17,18). The fourth-order valence-electron chi connectivity index (χ4n) is 2.39. The van der Waals surface area contributed by atoms with Gasteiger partial charge in [0, 0.05) is 37.5 Å². The average molecular weight is 322 g/mol. The summed E-state index contributed by atoms with van der Waals surface area (Å²) in [7, 11) is 0. The molecule has 0 spiro atoms. The highest BCUT2D eigenvalue weighted by Crippen LogP contribution is 2.20. The molecule has 2 heterocycles. The minimum atomic E-state index is -0.241. The molecule has 1 aromatic rings. The van der Waals surface area contributed by atoms with E-state index in [2.05, 4.69) is 22.2 Å². The Kier molecular flexibility index (Phi) is 5.94. The highest BCUT2D eigenvalue weighted by atomic mass is 32.1. The molecular weight excluding hydrogens is 300 g/mol. The Morgan fingerprint density at radius 2 is 2.23 bits per heavy atom. The van der Waals surface area contributed by atoms with Gasteiger partial charge in [-0.1, -0.05) is 6.58 Å². The first-order valence-corrected chi connectivity index (χ1v) is 8.33. The lowest BCUT2D eigenvalue weighted by Crippen LogP contribution is -2.43. The summed E-state index contributed by atoms with van der Waals surface area (Å²) in [5.74, 6) is -0.151. The van der Waals surface area contributed by atoms with Gasteiger partial charge in [-0.2, -0.15) is 0 Å². The molecule has 0 aliphatic carbocycles. The Balaban J connectivity index is 1.68. The second-order valence-corrected chi connectivity index (χ2v) is 6.20. The van der Waals surface area contributed by atoms with Gasteiger partial charge < -0.3 is 15.5 Å². The quantitative estimate of drug-likeness (QED) is 0.779. The number of hydrogen-bond donors (Lipinski definition) is 2. The van der Waals surface area contributed by atoms with E-state index in [9.17, 15) is 9.59 Å². The van der Waals surface area contributed by atoms with Crippen LogP contribution in [0, 0.1) is 6.92 Å². The third kappa shape index (κ3) is 4.84. The zero-order valence-corrected chi connectivity index (χ0v) is 13.6. The van der Waals surface area contributed by atoms with Crippen LogP contribution in [0.25, 0.3) is 0 Å². The lowest BCUT2D eigenvalue weighted by Gasteiger charge is -2.32. The van der Waals surface area contributed by atoms with E-state index in [1.165, 1.54) is 6.08 Å². The molecule has 1 fully saturated rings. The molecule has 0 bridgehead atoms. The SMILES string of the molecule is C=CC(=O)NCCC(=O)N1CCC(Nc2nc(C)cs2)CC1. The zero-order chi connectivity index (χ0) is 15.9. The minimum absolute atomic E-state index is 0.0907. The Morgan fingerprint density at radius 1 is 1.50 bits per heavy atom. The van der Waals surface area contributed by atoms with Gasteiger partial charge in [0.15, 0.2) is 5.13 Å². The van der Waals surface area contributed by atoms with Crippen molar-refractivity contribution in [3.63, 3.8) is 0 Å². The summed E-state index contributed by atoms with van der Waals surface area (Å²) in [4.78, 5) is 29.3. The summed E-state index contributed by atoms with van der Waals surface area (Å²) < 4.78 is 0. The molecule has 0 atom stereocenters. The van der Waals surface area contributed by atoms with Gasteiger partial charge in [0.2, 0.25) is 11.8 Å². The minimum Gasteiger partial charge on any atom is -0.359 e. The Labute approximate surface area is 134 Å². The van der Waals surface area contributed by atoms with Crippen LogP contribution in [0.4, 0.5) is 5.13 Å². The second kappa shape index (κ2) is 7.93. The number of hydrogen-bond acceptors (Lipinski definition) is 5. The van der Waals surface area contributed by atoms with Crippen LogP contribution in [-0.2, 0) is 9.59 Å². The predicted octanol–water partition coefficient (Wildman–Crippen LogP) is 1.55. The maximum atomic E-state index is 12.1. The lowest BCUT2D eigenvalue weighted by atomic mass is 10.1. The number of nitrogens with one attached hydrogen (secondary N) is 2. The summed E-state index contributed by atoms with van der Waals surface area (Å²) in [6.07, 6.45) is 3.39. The van der Waals surface area contributed by atoms with E-state index in [1.54, 1.807) is 11.3 Å². The van der Waals surface area contributed by atoms with Crippen molar-refractivity contribution in [1.29, 1.82) is 0 Å². The number of amides is 2. The van der Waals surface area contributed by atoms with E-state index in [0.29, 0.717) is 19.0 Å². The fourth-order valence-corrected chi connectivity index (χ4v) is 3.16. The van der Waals surface area contributed by atoms with Crippen molar-refractivity contribution >= 4 is 28.3 Å². The smallest absolute Gasteiger partial charge is 0.243 e. The number of likely N-dealkylation sites (tertiary alicyclic amines) is 1. The van der Waals surface area contributed by atoms with E-state index in [-0.39, 0.29) is 11.8 Å². The number of piperidine rings is 1. The van der Waals surface area contributed by atoms with Gasteiger partial charge in [0.25, 0.3) is 0 Å². The highest BCUT2D eigenvalue weighted by Gasteiger charge is 2.22. The van der Waals surface area contributed by atoms with Gasteiger partial charge in [0.05, 0.1) is 5.69 Å². The molecule has 2 N–H and O–H groups in total. The van der Waals surface area contributed by atoms with Gasteiger partial charge in [-0.25, -0.2) is 4.98 Å². The first kappa shape index (κ1) is 16.5. The Hall–Kier alpha value is -1.89. The summed E-state index contributed by atoms with van der Waals surface area (Å²) >= 11 is 1.62. The van der Waals surface area contributed by atoms with Crippen molar-refractivity contribution in [1.82, 2.24) is 15.2 Å². The van der Waals surface area contributed by atoms with Gasteiger partial charge in [0.1, 0.15) is 0 Å². The number of carbonyl (C=O) groups excluding carboxylic acids is 2. The van der Waals surface area contributed by atoms with Crippen LogP contribution < -0.4 is 10.6 Å². The fraction of sp³-hybridized carbons (Fsp3) is 0.533.